The molecule has 0 aliphatic carbocycles. The maximum Gasteiger partial charge on any atom is 4.00 e. The Labute approximate surface area is 120 Å². The number of carboxylic acids is 1. The summed E-state index contributed by atoms with van der Waals surface area (Å²) in [5.41, 5.74) is 0. The Morgan fingerprint density at radius 3 is 0.765 bits per heavy atom. The molecule has 0 N–H and O–H groups in total. The molecule has 0 heterocycles. The van der Waals surface area contributed by atoms with Crippen LogP contribution in [0.4, 0.5) is 0 Å². The van der Waals surface area contributed by atoms with Gasteiger partial charge in [0.2, 0.25) is 0 Å². The molecule has 0 fully saturated rings. The molecule has 0 saturated carbocycles. The van der Waals surface area contributed by atoms with E-state index < -0.39 is 24.3 Å². The van der Waals surface area contributed by atoms with Crippen molar-refractivity contribution in [2.45, 2.75) is 66.8 Å². The van der Waals surface area contributed by atoms with Gasteiger partial charge in [0.15, 0.2) is 0 Å². The topological polar surface area (TPSA) is 109 Å². The molecule has 0 amide bonds. The van der Waals surface area contributed by atoms with E-state index in [0.29, 0.717) is 0 Å². The fourth-order valence-electron chi connectivity index (χ4n) is 0. The summed E-state index contributed by atoms with van der Waals surface area (Å²) >= 11 is 0. The molecule has 5 nitrogen and oxygen atoms in total. The van der Waals surface area contributed by atoms with Gasteiger partial charge < -0.3 is 25.2 Å². The summed E-state index contributed by atoms with van der Waals surface area (Å²) in [6.07, 6.45) is -1.25. The molecular weight excluding hydrogens is 260 g/mol. The van der Waals surface area contributed by atoms with Crippen molar-refractivity contribution >= 4 is 5.97 Å². The Bertz CT molecular complexity index is 101. The van der Waals surface area contributed by atoms with Crippen LogP contribution in [-0.4, -0.2) is 24.3 Å². The van der Waals surface area contributed by atoms with Crippen LogP contribution < -0.4 is 20.4 Å². The van der Waals surface area contributed by atoms with Crippen molar-refractivity contribution in [3.05, 3.63) is 0 Å². The van der Waals surface area contributed by atoms with Gasteiger partial charge in [-0.1, -0.05) is 41.5 Å². The molecule has 0 atom stereocenters. The van der Waals surface area contributed by atoms with E-state index in [9.17, 15) is 15.3 Å². The van der Waals surface area contributed by atoms with Gasteiger partial charge in [0.1, 0.15) is 0 Å². The number of carbonyl (C=O) groups excluding carboxylic acids is 1. The first-order chi connectivity index (χ1) is 6.93. The van der Waals surface area contributed by atoms with Crippen LogP contribution >= 0.6 is 0 Å². The van der Waals surface area contributed by atoms with Gasteiger partial charge in [-0.15, -0.1) is 18.3 Å². The van der Waals surface area contributed by atoms with E-state index in [-0.39, 0.29) is 21.7 Å². The van der Waals surface area contributed by atoms with E-state index in [0.717, 1.165) is 6.92 Å². The van der Waals surface area contributed by atoms with E-state index >= 15 is 0 Å². The SMILES string of the molecule is CC(=O)[O-].CC(C)[O-].CC(C)[O-].CC(C)[O-].[Ti+4]. The zero-order chi connectivity index (χ0) is 14.3. The van der Waals surface area contributed by atoms with Gasteiger partial charge in [-0.25, -0.2) is 0 Å². The summed E-state index contributed by atoms with van der Waals surface area (Å²) in [6, 6.07) is 0. The molecule has 0 rings (SSSR count). The molecule has 0 aromatic rings. The third-order valence-electron chi connectivity index (χ3n) is 0. The largest absolute Gasteiger partial charge is 4.00 e. The first-order valence-electron chi connectivity index (χ1n) is 5.08. The minimum atomic E-state index is -1.08. The Hall–Kier alpha value is 0.0643. The van der Waals surface area contributed by atoms with Gasteiger partial charge in [-0.2, -0.15) is 0 Å². The number of hydrogen-bond acceptors (Lipinski definition) is 5. The standard InChI is InChI=1S/3C3H7O.C2H4O2.Ti/c3*1-3(2)4;1-2(3)4;/h3*3H,1-2H3;1H3,(H,3,4);/q3*-1;;+4/p-1. The first-order valence-corrected chi connectivity index (χ1v) is 5.08. The quantitative estimate of drug-likeness (QED) is 0.479. The summed E-state index contributed by atoms with van der Waals surface area (Å²) in [5.74, 6) is -1.08. The predicted molar refractivity (Wildman–Crippen MR) is 56.1 cm³/mol. The van der Waals surface area contributed by atoms with E-state index in [2.05, 4.69) is 0 Å². The molecule has 0 radical (unpaired) electrons. The van der Waals surface area contributed by atoms with Crippen molar-refractivity contribution in [3.63, 3.8) is 0 Å². The normalized spacial score (nSPS) is 7.82. The fraction of sp³-hybridized carbons (Fsp3) is 0.909. The zero-order valence-electron chi connectivity index (χ0n) is 11.8. The molecule has 102 valence electrons. The smallest absolute Gasteiger partial charge is 0.852 e. The Morgan fingerprint density at radius 1 is 0.765 bits per heavy atom. The molecule has 0 aliphatic rings. The van der Waals surface area contributed by atoms with Crippen LogP contribution in [0, 0.1) is 0 Å². The molecule has 0 saturated heterocycles. The van der Waals surface area contributed by atoms with Crippen LogP contribution in [0.5, 0.6) is 0 Å². The average Bonchev–Trinajstić information content (AvgIpc) is 1.76. The summed E-state index contributed by atoms with van der Waals surface area (Å²) in [4.78, 5) is 8.89. The monoisotopic (exact) mass is 284 g/mol. The van der Waals surface area contributed by atoms with Gasteiger partial charge in [0, 0.05) is 5.97 Å². The minimum absolute atomic E-state index is 0. The second-order valence-electron chi connectivity index (χ2n) is 3.64. The number of rotatable bonds is 0. The summed E-state index contributed by atoms with van der Waals surface area (Å²) in [7, 11) is 0. The van der Waals surface area contributed by atoms with Crippen LogP contribution in [0.15, 0.2) is 0 Å². The first kappa shape index (κ1) is 30.3. The van der Waals surface area contributed by atoms with Crippen molar-refractivity contribution in [1.29, 1.82) is 0 Å². The second kappa shape index (κ2) is 25.0. The second-order valence-corrected chi connectivity index (χ2v) is 3.64. The van der Waals surface area contributed by atoms with E-state index in [4.69, 9.17) is 9.90 Å². The Balaban J connectivity index is -0.0000000369. The number of carboxylic acid groups (broad SMARTS) is 1. The average molecular weight is 284 g/mol. The molecule has 0 aliphatic heterocycles. The fourth-order valence-corrected chi connectivity index (χ4v) is 0. The van der Waals surface area contributed by atoms with Gasteiger partial charge in [0.25, 0.3) is 0 Å². The molecular formula is C11H24O5Ti. The maximum absolute atomic E-state index is 9.53. The van der Waals surface area contributed by atoms with E-state index in [1.807, 2.05) is 0 Å². The van der Waals surface area contributed by atoms with Crippen molar-refractivity contribution in [3.8, 4) is 0 Å². The van der Waals surface area contributed by atoms with Crippen molar-refractivity contribution in [2.24, 2.45) is 0 Å². The molecule has 0 aromatic heterocycles. The maximum atomic E-state index is 9.53. The number of hydrogen-bond donors (Lipinski definition) is 0. The molecule has 17 heavy (non-hydrogen) atoms. The van der Waals surface area contributed by atoms with Gasteiger partial charge >= 0.3 is 21.7 Å². The van der Waals surface area contributed by atoms with Gasteiger partial charge in [-0.05, 0) is 6.92 Å². The van der Waals surface area contributed by atoms with Crippen LogP contribution in [0.25, 0.3) is 0 Å². The summed E-state index contributed by atoms with van der Waals surface area (Å²) in [6.45, 7) is 10.6. The van der Waals surface area contributed by atoms with Crippen LogP contribution in [0.2, 0.25) is 0 Å². The number of aliphatic carboxylic acids is 1. The van der Waals surface area contributed by atoms with E-state index in [1.54, 1.807) is 41.5 Å². The molecule has 0 aromatic carbocycles. The summed E-state index contributed by atoms with van der Waals surface area (Å²) in [5, 5.41) is 37.5. The van der Waals surface area contributed by atoms with Crippen LogP contribution in [0.1, 0.15) is 48.5 Å². The summed E-state index contributed by atoms with van der Waals surface area (Å²) < 4.78 is 0. The van der Waals surface area contributed by atoms with Gasteiger partial charge in [-0.3, -0.25) is 0 Å². The Kier molecular flexibility index (Phi) is 44.6. The van der Waals surface area contributed by atoms with Crippen molar-refractivity contribution in [2.75, 3.05) is 0 Å². The molecule has 6 heteroatoms. The van der Waals surface area contributed by atoms with Crippen molar-refractivity contribution in [1.82, 2.24) is 0 Å². The molecule has 0 unspecified atom stereocenters. The minimum Gasteiger partial charge on any atom is -0.852 e. The third kappa shape index (κ3) is 769000. The Morgan fingerprint density at radius 2 is 0.765 bits per heavy atom. The predicted octanol–water partition coefficient (Wildman–Crippen LogP) is -1.98. The number of carbonyl (C=O) groups is 1. The van der Waals surface area contributed by atoms with Crippen LogP contribution in [0.3, 0.4) is 0 Å². The zero-order valence-corrected chi connectivity index (χ0v) is 13.3. The van der Waals surface area contributed by atoms with E-state index in [1.165, 1.54) is 0 Å². The third-order valence-corrected chi connectivity index (χ3v) is 0. The van der Waals surface area contributed by atoms with Gasteiger partial charge in [0.05, 0.1) is 0 Å². The molecule has 0 bridgehead atoms. The van der Waals surface area contributed by atoms with Crippen LogP contribution in [-0.2, 0) is 26.5 Å². The molecule has 0 spiro atoms. The van der Waals surface area contributed by atoms with Crippen molar-refractivity contribution < 1.29 is 46.9 Å².